The van der Waals surface area contributed by atoms with E-state index in [-0.39, 0.29) is 28.8 Å². The Morgan fingerprint density at radius 3 is 2.21 bits per heavy atom. The first-order chi connectivity index (χ1) is 13.5. The van der Waals surface area contributed by atoms with Crippen LogP contribution in [-0.2, 0) is 0 Å². The number of hydrogen-bond donors (Lipinski definition) is 2. The van der Waals surface area contributed by atoms with E-state index in [1.165, 1.54) is 0 Å². The molecule has 1 atom stereocenters. The quantitative estimate of drug-likeness (QED) is 0.674. The molecule has 6 heteroatoms. The van der Waals surface area contributed by atoms with Gasteiger partial charge in [-0.2, -0.15) is 0 Å². The van der Waals surface area contributed by atoms with Crippen molar-refractivity contribution in [3.8, 4) is 0 Å². The number of hydrogen-bond acceptors (Lipinski definition) is 2. The molecule has 2 amide bonds. The molecule has 0 radical (unpaired) electrons. The van der Waals surface area contributed by atoms with Crippen LogP contribution in [0.15, 0.2) is 72.8 Å². The van der Waals surface area contributed by atoms with Gasteiger partial charge in [-0.05, 0) is 36.8 Å². The van der Waals surface area contributed by atoms with Crippen LogP contribution in [0.5, 0.6) is 0 Å². The number of amides is 2. The van der Waals surface area contributed by atoms with Gasteiger partial charge in [0.2, 0.25) is 0 Å². The van der Waals surface area contributed by atoms with Gasteiger partial charge in [0, 0.05) is 6.07 Å². The van der Waals surface area contributed by atoms with E-state index in [4.69, 9.17) is 0 Å². The molecule has 0 fully saturated rings. The van der Waals surface area contributed by atoms with Gasteiger partial charge in [-0.3, -0.25) is 9.59 Å². The maximum absolute atomic E-state index is 13.8. The molecule has 0 saturated heterocycles. The maximum Gasteiger partial charge on any atom is 0.258 e. The van der Waals surface area contributed by atoms with Gasteiger partial charge in [-0.1, -0.05) is 42.5 Å². The zero-order chi connectivity index (χ0) is 20.1. The van der Waals surface area contributed by atoms with E-state index in [0.717, 1.165) is 17.7 Å². The normalized spacial score (nSPS) is 11.5. The number of carbonyl (C=O) groups excluding carboxylic acids is 2. The summed E-state index contributed by atoms with van der Waals surface area (Å²) in [6.07, 6.45) is 0. The van der Waals surface area contributed by atoms with Crippen molar-refractivity contribution in [3.63, 3.8) is 0 Å². The van der Waals surface area contributed by atoms with E-state index in [1.54, 1.807) is 24.3 Å². The first-order valence-corrected chi connectivity index (χ1v) is 8.67. The SMILES string of the molecule is CC(NC(=O)c1ccccc1NC(=O)c1ccc(F)cc1F)c1ccccc1. The van der Waals surface area contributed by atoms with Crippen molar-refractivity contribution in [3.05, 3.63) is 101 Å². The molecule has 0 aliphatic heterocycles. The molecule has 142 valence electrons. The number of para-hydroxylation sites is 1. The third kappa shape index (κ3) is 4.40. The Balaban J connectivity index is 1.79. The van der Waals surface area contributed by atoms with Gasteiger partial charge < -0.3 is 10.6 Å². The molecule has 0 aromatic heterocycles. The third-order valence-corrected chi connectivity index (χ3v) is 4.24. The van der Waals surface area contributed by atoms with Crippen LogP contribution in [0.2, 0.25) is 0 Å². The summed E-state index contributed by atoms with van der Waals surface area (Å²) in [5.74, 6) is -2.90. The fourth-order valence-electron chi connectivity index (χ4n) is 2.75. The van der Waals surface area contributed by atoms with Crippen molar-refractivity contribution < 1.29 is 18.4 Å². The number of benzene rings is 3. The molecule has 3 rings (SSSR count). The molecule has 0 spiro atoms. The summed E-state index contributed by atoms with van der Waals surface area (Å²) >= 11 is 0. The zero-order valence-electron chi connectivity index (χ0n) is 15.1. The minimum atomic E-state index is -0.975. The van der Waals surface area contributed by atoms with E-state index >= 15 is 0 Å². The van der Waals surface area contributed by atoms with Crippen LogP contribution in [0.1, 0.15) is 39.2 Å². The van der Waals surface area contributed by atoms with E-state index in [2.05, 4.69) is 10.6 Å². The smallest absolute Gasteiger partial charge is 0.258 e. The molecular formula is C22H18F2N2O2. The van der Waals surface area contributed by atoms with E-state index < -0.39 is 17.5 Å². The van der Waals surface area contributed by atoms with Gasteiger partial charge in [0.1, 0.15) is 11.6 Å². The van der Waals surface area contributed by atoms with E-state index in [1.807, 2.05) is 37.3 Å². The molecule has 0 saturated carbocycles. The summed E-state index contributed by atoms with van der Waals surface area (Å²) in [6, 6.07) is 18.3. The third-order valence-electron chi connectivity index (χ3n) is 4.24. The van der Waals surface area contributed by atoms with Crippen molar-refractivity contribution >= 4 is 17.5 Å². The second-order valence-corrected chi connectivity index (χ2v) is 6.23. The molecule has 3 aromatic carbocycles. The first kappa shape index (κ1) is 19.2. The highest BCUT2D eigenvalue weighted by molar-refractivity contribution is 6.09. The molecule has 4 nitrogen and oxygen atoms in total. The van der Waals surface area contributed by atoms with Crippen LogP contribution < -0.4 is 10.6 Å². The van der Waals surface area contributed by atoms with Crippen molar-refractivity contribution in [1.29, 1.82) is 0 Å². The average molecular weight is 380 g/mol. The molecule has 3 aromatic rings. The van der Waals surface area contributed by atoms with Crippen molar-refractivity contribution in [2.24, 2.45) is 0 Å². The number of nitrogens with one attached hydrogen (secondary N) is 2. The minimum absolute atomic E-state index is 0.231. The summed E-state index contributed by atoms with van der Waals surface area (Å²) in [5, 5.41) is 5.39. The summed E-state index contributed by atoms with van der Waals surface area (Å²) in [7, 11) is 0. The molecule has 0 bridgehead atoms. The number of anilines is 1. The Hall–Kier alpha value is -3.54. The predicted molar refractivity (Wildman–Crippen MR) is 103 cm³/mol. The monoisotopic (exact) mass is 380 g/mol. The van der Waals surface area contributed by atoms with Crippen LogP contribution >= 0.6 is 0 Å². The lowest BCUT2D eigenvalue weighted by Gasteiger charge is -2.16. The van der Waals surface area contributed by atoms with Gasteiger partial charge >= 0.3 is 0 Å². The Bertz CT molecular complexity index is 1010. The minimum Gasteiger partial charge on any atom is -0.345 e. The second-order valence-electron chi connectivity index (χ2n) is 6.23. The van der Waals surface area contributed by atoms with Crippen LogP contribution in [0.25, 0.3) is 0 Å². The molecule has 1 unspecified atom stereocenters. The van der Waals surface area contributed by atoms with E-state index in [9.17, 15) is 18.4 Å². The Labute approximate surface area is 161 Å². The number of rotatable bonds is 5. The molecule has 28 heavy (non-hydrogen) atoms. The topological polar surface area (TPSA) is 58.2 Å². The highest BCUT2D eigenvalue weighted by Gasteiger charge is 2.18. The maximum atomic E-state index is 13.8. The van der Waals surface area contributed by atoms with Crippen molar-refractivity contribution in [1.82, 2.24) is 5.32 Å². The van der Waals surface area contributed by atoms with E-state index in [0.29, 0.717) is 6.07 Å². The van der Waals surface area contributed by atoms with Crippen molar-refractivity contribution in [2.75, 3.05) is 5.32 Å². The molecular weight excluding hydrogens is 362 g/mol. The van der Waals surface area contributed by atoms with Crippen LogP contribution in [0, 0.1) is 11.6 Å². The summed E-state index contributed by atoms with van der Waals surface area (Å²) in [6.45, 7) is 1.85. The Kier molecular flexibility index (Phi) is 5.79. The number of halogens is 2. The molecule has 0 heterocycles. The van der Waals surface area contributed by atoms with Crippen LogP contribution in [-0.4, -0.2) is 11.8 Å². The van der Waals surface area contributed by atoms with Gasteiger partial charge in [0.25, 0.3) is 11.8 Å². The fraction of sp³-hybridized carbons (Fsp3) is 0.0909. The van der Waals surface area contributed by atoms with Crippen molar-refractivity contribution in [2.45, 2.75) is 13.0 Å². The van der Waals surface area contributed by atoms with Gasteiger partial charge in [0.05, 0.1) is 22.9 Å². The summed E-state index contributed by atoms with van der Waals surface area (Å²) in [4.78, 5) is 25.1. The van der Waals surface area contributed by atoms with Crippen LogP contribution in [0.4, 0.5) is 14.5 Å². The first-order valence-electron chi connectivity index (χ1n) is 8.67. The Morgan fingerprint density at radius 1 is 0.821 bits per heavy atom. The molecule has 0 aliphatic rings. The Morgan fingerprint density at radius 2 is 1.50 bits per heavy atom. The molecule has 0 aliphatic carbocycles. The second kappa shape index (κ2) is 8.43. The standard InChI is InChI=1S/C22H18F2N2O2/c1-14(15-7-3-2-4-8-15)25-22(28)18-9-5-6-10-20(18)26-21(27)17-12-11-16(23)13-19(17)24/h2-14H,1H3,(H,25,28)(H,26,27). The van der Waals surface area contributed by atoms with Crippen LogP contribution in [0.3, 0.4) is 0 Å². The molecule has 2 N–H and O–H groups in total. The highest BCUT2D eigenvalue weighted by atomic mass is 19.1. The predicted octanol–water partition coefficient (Wildman–Crippen LogP) is 4.71. The lowest BCUT2D eigenvalue weighted by molar-refractivity contribution is 0.0940. The average Bonchev–Trinajstić information content (AvgIpc) is 2.68. The van der Waals surface area contributed by atoms with Gasteiger partial charge in [-0.25, -0.2) is 8.78 Å². The lowest BCUT2D eigenvalue weighted by Crippen LogP contribution is -2.28. The summed E-state index contributed by atoms with van der Waals surface area (Å²) in [5.41, 5.74) is 1.09. The number of carbonyl (C=O) groups is 2. The highest BCUT2D eigenvalue weighted by Crippen LogP contribution is 2.19. The largest absolute Gasteiger partial charge is 0.345 e. The van der Waals surface area contributed by atoms with Gasteiger partial charge in [0.15, 0.2) is 0 Å². The van der Waals surface area contributed by atoms with Gasteiger partial charge in [-0.15, -0.1) is 0 Å². The lowest BCUT2D eigenvalue weighted by atomic mass is 10.1. The summed E-state index contributed by atoms with van der Waals surface area (Å²) < 4.78 is 26.9. The fourth-order valence-corrected chi connectivity index (χ4v) is 2.75. The zero-order valence-corrected chi connectivity index (χ0v) is 15.1.